The van der Waals surface area contributed by atoms with Crippen LogP contribution in [-0.4, -0.2) is 42.5 Å². The topological polar surface area (TPSA) is 74.7 Å². The van der Waals surface area contributed by atoms with Crippen LogP contribution in [0.3, 0.4) is 0 Å². The van der Waals surface area contributed by atoms with Crippen molar-refractivity contribution in [2.75, 3.05) is 19.5 Å². The molecule has 8 heteroatoms. The van der Waals surface area contributed by atoms with E-state index in [1.165, 1.54) is 6.33 Å². The predicted molar refractivity (Wildman–Crippen MR) is 118 cm³/mol. The Morgan fingerprint density at radius 1 is 0.867 bits per heavy atom. The van der Waals surface area contributed by atoms with Gasteiger partial charge in [0.15, 0.2) is 11.5 Å². The average Bonchev–Trinajstić information content (AvgIpc) is 2.94. The summed E-state index contributed by atoms with van der Waals surface area (Å²) in [7, 11) is 2.82. The highest BCUT2D eigenvalue weighted by Gasteiger charge is 2.51. The van der Waals surface area contributed by atoms with Gasteiger partial charge in [-0.3, -0.25) is 0 Å². The zero-order valence-electron chi connectivity index (χ0n) is 18.1. The van der Waals surface area contributed by atoms with Gasteiger partial charge in [0.25, 0.3) is 0 Å². The highest BCUT2D eigenvalue weighted by atomic mass is 16.7. The second-order valence-electron chi connectivity index (χ2n) is 8.28. The smallest absolute Gasteiger partial charge is 0.493 e. The second kappa shape index (κ2) is 7.45. The number of benzene rings is 2. The molecule has 156 valence electrons. The molecule has 1 fully saturated rings. The lowest BCUT2D eigenvalue weighted by Crippen LogP contribution is -2.41. The molecule has 0 atom stereocenters. The zero-order chi connectivity index (χ0) is 21.5. The zero-order valence-corrected chi connectivity index (χ0v) is 18.1. The van der Waals surface area contributed by atoms with E-state index < -0.39 is 0 Å². The SMILES string of the molecule is COc1cc2ncnc(Nc3ccc(B4OC(C)(C)C(C)(C)O4)cc3)c2cc1OC. The number of methoxy groups -OCH3 is 2. The standard InChI is InChI=1S/C22H26BN3O4/c1-21(2)22(3,4)30-23(29-21)14-7-9-15(10-8-14)26-20-16-11-18(27-5)19(28-6)12-17(16)24-13-25-20/h7-13H,1-6H3,(H,24,25,26). The number of nitrogens with zero attached hydrogens (tertiary/aromatic N) is 2. The van der Waals surface area contributed by atoms with Crippen molar-refractivity contribution in [3.8, 4) is 11.5 Å². The molecule has 0 bridgehead atoms. The Kier molecular flexibility index (Phi) is 5.07. The lowest BCUT2D eigenvalue weighted by Gasteiger charge is -2.32. The van der Waals surface area contributed by atoms with Gasteiger partial charge in [0.2, 0.25) is 0 Å². The molecule has 7 nitrogen and oxygen atoms in total. The Morgan fingerprint density at radius 2 is 1.47 bits per heavy atom. The first-order valence-electron chi connectivity index (χ1n) is 9.83. The monoisotopic (exact) mass is 407 g/mol. The maximum absolute atomic E-state index is 6.12. The third kappa shape index (κ3) is 3.57. The van der Waals surface area contributed by atoms with Crippen molar-refractivity contribution < 1.29 is 18.8 Å². The minimum atomic E-state index is -0.388. The van der Waals surface area contributed by atoms with Gasteiger partial charge in [-0.1, -0.05) is 12.1 Å². The van der Waals surface area contributed by atoms with E-state index in [9.17, 15) is 0 Å². The third-order valence-corrected chi connectivity index (χ3v) is 5.84. The number of aromatic nitrogens is 2. The van der Waals surface area contributed by atoms with Gasteiger partial charge in [-0.05, 0) is 51.4 Å². The Labute approximate surface area is 176 Å². The van der Waals surface area contributed by atoms with Crippen LogP contribution in [0.4, 0.5) is 11.5 Å². The molecule has 1 aliphatic rings. The van der Waals surface area contributed by atoms with Crippen molar-refractivity contribution in [2.45, 2.75) is 38.9 Å². The van der Waals surface area contributed by atoms with E-state index in [0.717, 1.165) is 22.1 Å². The van der Waals surface area contributed by atoms with Crippen molar-refractivity contribution in [1.29, 1.82) is 0 Å². The molecule has 0 aliphatic carbocycles. The Hall–Kier alpha value is -2.84. The second-order valence-corrected chi connectivity index (χ2v) is 8.28. The van der Waals surface area contributed by atoms with Crippen LogP contribution in [0, 0.1) is 0 Å². The van der Waals surface area contributed by atoms with E-state index in [1.807, 2.05) is 64.1 Å². The maximum atomic E-state index is 6.12. The lowest BCUT2D eigenvalue weighted by atomic mass is 9.79. The predicted octanol–water partition coefficient (Wildman–Crippen LogP) is 3.69. The summed E-state index contributed by atoms with van der Waals surface area (Å²) < 4.78 is 23.0. The summed E-state index contributed by atoms with van der Waals surface area (Å²) in [6, 6.07) is 11.7. The highest BCUT2D eigenvalue weighted by molar-refractivity contribution is 6.62. The molecule has 3 aromatic rings. The molecule has 0 radical (unpaired) electrons. The first-order chi connectivity index (χ1) is 14.2. The Balaban J connectivity index is 1.59. The number of fused-ring (bicyclic) bond motifs is 1. The van der Waals surface area contributed by atoms with Gasteiger partial charge in [-0.2, -0.15) is 0 Å². The average molecular weight is 407 g/mol. The van der Waals surface area contributed by atoms with Crippen LogP contribution in [0.15, 0.2) is 42.7 Å². The largest absolute Gasteiger partial charge is 0.494 e. The van der Waals surface area contributed by atoms with Crippen LogP contribution in [0.5, 0.6) is 11.5 Å². The van der Waals surface area contributed by atoms with Crippen LogP contribution in [-0.2, 0) is 9.31 Å². The maximum Gasteiger partial charge on any atom is 0.494 e. The number of hydrogen-bond donors (Lipinski definition) is 1. The molecule has 1 aliphatic heterocycles. The summed E-state index contributed by atoms with van der Waals surface area (Å²) in [6.45, 7) is 8.19. The molecule has 1 aromatic heterocycles. The van der Waals surface area contributed by atoms with Gasteiger partial charge in [0.1, 0.15) is 12.1 Å². The van der Waals surface area contributed by atoms with Gasteiger partial charge in [0, 0.05) is 17.1 Å². The normalized spacial score (nSPS) is 17.2. The molecule has 1 N–H and O–H groups in total. The van der Waals surface area contributed by atoms with E-state index in [4.69, 9.17) is 18.8 Å². The van der Waals surface area contributed by atoms with Gasteiger partial charge in [0.05, 0.1) is 30.9 Å². The fourth-order valence-corrected chi connectivity index (χ4v) is 3.32. The molecule has 2 aromatic carbocycles. The molecule has 0 saturated carbocycles. The summed E-state index contributed by atoms with van der Waals surface area (Å²) in [6.07, 6.45) is 1.52. The summed E-state index contributed by atoms with van der Waals surface area (Å²) in [5.74, 6) is 1.93. The molecule has 2 heterocycles. The van der Waals surface area contributed by atoms with E-state index in [2.05, 4.69) is 15.3 Å². The summed E-state index contributed by atoms with van der Waals surface area (Å²) in [5, 5.41) is 4.20. The van der Waals surface area contributed by atoms with Gasteiger partial charge < -0.3 is 24.1 Å². The third-order valence-electron chi connectivity index (χ3n) is 5.84. The summed E-state index contributed by atoms with van der Waals surface area (Å²) >= 11 is 0. The van der Waals surface area contributed by atoms with Crippen LogP contribution in [0.1, 0.15) is 27.7 Å². The molecule has 0 amide bonds. The van der Waals surface area contributed by atoms with Crippen LogP contribution in [0.2, 0.25) is 0 Å². The highest BCUT2D eigenvalue weighted by Crippen LogP contribution is 2.37. The van der Waals surface area contributed by atoms with Crippen LogP contribution < -0.4 is 20.3 Å². The fraction of sp³-hybridized carbons (Fsp3) is 0.364. The summed E-state index contributed by atoms with van der Waals surface area (Å²) in [4.78, 5) is 8.74. The quantitative estimate of drug-likeness (QED) is 0.647. The summed E-state index contributed by atoms with van der Waals surface area (Å²) in [5.41, 5.74) is 1.89. The first kappa shape index (κ1) is 20.4. The Morgan fingerprint density at radius 3 is 2.07 bits per heavy atom. The minimum absolute atomic E-state index is 0.366. The Bertz CT molecular complexity index is 1050. The van der Waals surface area contributed by atoms with Crippen molar-refractivity contribution in [3.63, 3.8) is 0 Å². The lowest BCUT2D eigenvalue weighted by molar-refractivity contribution is 0.00578. The van der Waals surface area contributed by atoms with E-state index in [0.29, 0.717) is 17.3 Å². The number of rotatable bonds is 5. The fourth-order valence-electron chi connectivity index (χ4n) is 3.32. The number of ether oxygens (including phenoxy) is 2. The number of anilines is 2. The van der Waals surface area contributed by atoms with Crippen LogP contribution >= 0.6 is 0 Å². The molecule has 4 rings (SSSR count). The van der Waals surface area contributed by atoms with Gasteiger partial charge in [-0.15, -0.1) is 0 Å². The molecule has 1 saturated heterocycles. The van der Waals surface area contributed by atoms with Crippen molar-refractivity contribution in [1.82, 2.24) is 9.97 Å². The first-order valence-corrected chi connectivity index (χ1v) is 9.83. The van der Waals surface area contributed by atoms with Crippen molar-refractivity contribution in [3.05, 3.63) is 42.7 Å². The van der Waals surface area contributed by atoms with Crippen molar-refractivity contribution >= 4 is 35.0 Å². The minimum Gasteiger partial charge on any atom is -0.493 e. The van der Waals surface area contributed by atoms with Crippen molar-refractivity contribution in [2.24, 2.45) is 0 Å². The molecular formula is C22H26BN3O4. The van der Waals surface area contributed by atoms with Gasteiger partial charge in [-0.25, -0.2) is 9.97 Å². The van der Waals surface area contributed by atoms with E-state index in [-0.39, 0.29) is 18.3 Å². The van der Waals surface area contributed by atoms with Gasteiger partial charge >= 0.3 is 7.12 Å². The van der Waals surface area contributed by atoms with E-state index in [1.54, 1.807) is 14.2 Å². The van der Waals surface area contributed by atoms with E-state index >= 15 is 0 Å². The molecule has 0 unspecified atom stereocenters. The number of nitrogens with one attached hydrogen (secondary N) is 1. The number of hydrogen-bond acceptors (Lipinski definition) is 7. The molecule has 0 spiro atoms. The van der Waals surface area contributed by atoms with Crippen LogP contribution in [0.25, 0.3) is 10.9 Å². The molecule has 30 heavy (non-hydrogen) atoms. The molecular weight excluding hydrogens is 381 g/mol.